The van der Waals surface area contributed by atoms with Crippen molar-refractivity contribution < 1.29 is 18.3 Å². The summed E-state index contributed by atoms with van der Waals surface area (Å²) < 4.78 is 31.8. The van der Waals surface area contributed by atoms with Gasteiger partial charge in [-0.1, -0.05) is 0 Å². The lowest BCUT2D eigenvalue weighted by atomic mass is 10.1. The van der Waals surface area contributed by atoms with E-state index in [1.165, 1.54) is 7.11 Å². The van der Waals surface area contributed by atoms with Crippen molar-refractivity contribution in [2.75, 3.05) is 17.7 Å². The van der Waals surface area contributed by atoms with Gasteiger partial charge in [-0.05, 0) is 36.4 Å². The number of nitrogens with one attached hydrogen (secondary N) is 3. The van der Waals surface area contributed by atoms with Crippen molar-refractivity contribution in [2.45, 2.75) is 0 Å². The minimum atomic E-state index is -0.858. The number of amides is 2. The number of urea groups is 1. The molecular formula is C17H14F2N4O2. The van der Waals surface area contributed by atoms with E-state index in [1.807, 2.05) is 0 Å². The van der Waals surface area contributed by atoms with E-state index in [2.05, 4.69) is 20.8 Å². The lowest BCUT2D eigenvalue weighted by Gasteiger charge is -2.12. The Labute approximate surface area is 141 Å². The summed E-state index contributed by atoms with van der Waals surface area (Å²) in [6.45, 7) is 0. The Morgan fingerprint density at radius 1 is 1.12 bits per heavy atom. The summed E-state index contributed by atoms with van der Waals surface area (Å²) in [5.41, 5.74) is 1.75. The topological polar surface area (TPSA) is 79.0 Å². The van der Waals surface area contributed by atoms with Gasteiger partial charge in [0.05, 0.1) is 18.5 Å². The van der Waals surface area contributed by atoms with Crippen LogP contribution in [0.5, 0.6) is 5.75 Å². The third-order valence-corrected chi connectivity index (χ3v) is 3.43. The molecule has 2 aromatic carbocycles. The fourth-order valence-electron chi connectivity index (χ4n) is 2.28. The third kappa shape index (κ3) is 3.74. The minimum Gasteiger partial charge on any atom is -0.496 e. The van der Waals surface area contributed by atoms with Crippen molar-refractivity contribution in [2.24, 2.45) is 0 Å². The van der Waals surface area contributed by atoms with Crippen molar-refractivity contribution >= 4 is 17.4 Å². The van der Waals surface area contributed by atoms with E-state index in [9.17, 15) is 13.6 Å². The van der Waals surface area contributed by atoms with Gasteiger partial charge < -0.3 is 15.4 Å². The first-order valence-electron chi connectivity index (χ1n) is 7.27. The van der Waals surface area contributed by atoms with Crippen LogP contribution in [0.2, 0.25) is 0 Å². The second-order valence-electron chi connectivity index (χ2n) is 5.09. The average Bonchev–Trinajstić information content (AvgIpc) is 3.12. The van der Waals surface area contributed by atoms with Gasteiger partial charge in [0.2, 0.25) is 0 Å². The SMILES string of the molecule is COc1ccc(NC(=O)Nc2ccc(F)cc2F)cc1-c1ccn[nH]1. The second-order valence-corrected chi connectivity index (χ2v) is 5.09. The summed E-state index contributed by atoms with van der Waals surface area (Å²) in [5.74, 6) is -0.981. The molecule has 0 saturated carbocycles. The molecule has 6 nitrogen and oxygen atoms in total. The first kappa shape index (κ1) is 16.4. The second kappa shape index (κ2) is 7.00. The zero-order valence-corrected chi connectivity index (χ0v) is 13.1. The van der Waals surface area contributed by atoms with Gasteiger partial charge in [0.15, 0.2) is 0 Å². The van der Waals surface area contributed by atoms with Crippen LogP contribution in [-0.4, -0.2) is 23.3 Å². The van der Waals surface area contributed by atoms with Gasteiger partial charge in [-0.3, -0.25) is 5.10 Å². The Kier molecular flexibility index (Phi) is 4.60. The molecule has 25 heavy (non-hydrogen) atoms. The monoisotopic (exact) mass is 344 g/mol. The predicted molar refractivity (Wildman–Crippen MR) is 89.6 cm³/mol. The van der Waals surface area contributed by atoms with E-state index in [-0.39, 0.29) is 5.69 Å². The van der Waals surface area contributed by atoms with Gasteiger partial charge in [0.1, 0.15) is 17.4 Å². The number of aromatic nitrogens is 2. The summed E-state index contributed by atoms with van der Waals surface area (Å²) >= 11 is 0. The predicted octanol–water partition coefficient (Wildman–Crippen LogP) is 4.01. The van der Waals surface area contributed by atoms with Gasteiger partial charge in [-0.25, -0.2) is 13.6 Å². The zero-order valence-electron chi connectivity index (χ0n) is 13.1. The largest absolute Gasteiger partial charge is 0.496 e. The number of anilines is 2. The fraction of sp³-hybridized carbons (Fsp3) is 0.0588. The maximum atomic E-state index is 13.6. The highest BCUT2D eigenvalue weighted by atomic mass is 19.1. The molecule has 128 valence electrons. The number of H-pyrrole nitrogens is 1. The maximum absolute atomic E-state index is 13.6. The number of halogens is 2. The number of carbonyl (C=O) groups is 1. The van der Waals surface area contributed by atoms with Crippen molar-refractivity contribution in [3.05, 3.63) is 60.3 Å². The molecule has 0 radical (unpaired) electrons. The summed E-state index contributed by atoms with van der Waals surface area (Å²) in [6.07, 6.45) is 1.60. The van der Waals surface area contributed by atoms with Gasteiger partial charge >= 0.3 is 6.03 Å². The Bertz CT molecular complexity index is 898. The molecule has 0 unspecified atom stereocenters. The molecule has 3 rings (SSSR count). The molecular weight excluding hydrogens is 330 g/mol. The number of methoxy groups -OCH3 is 1. The lowest BCUT2D eigenvalue weighted by molar-refractivity contribution is 0.262. The van der Waals surface area contributed by atoms with Gasteiger partial charge in [0.25, 0.3) is 0 Å². The lowest BCUT2D eigenvalue weighted by Crippen LogP contribution is -2.20. The number of benzene rings is 2. The van der Waals surface area contributed by atoms with E-state index in [0.717, 1.165) is 12.1 Å². The highest BCUT2D eigenvalue weighted by Gasteiger charge is 2.11. The van der Waals surface area contributed by atoms with Crippen molar-refractivity contribution in [3.8, 4) is 17.0 Å². The standard InChI is InChI=1S/C17H14F2N4O2/c1-25-16-5-3-11(9-12(16)14-6-7-20-23-14)21-17(24)22-15-4-2-10(18)8-13(15)19/h2-9H,1H3,(H,20,23)(H2,21,22,24). The quantitative estimate of drug-likeness (QED) is 0.669. The summed E-state index contributed by atoms with van der Waals surface area (Å²) in [4.78, 5) is 12.0. The highest BCUT2D eigenvalue weighted by molar-refractivity contribution is 6.00. The molecule has 1 heterocycles. The molecule has 0 atom stereocenters. The summed E-state index contributed by atoms with van der Waals surface area (Å²) in [7, 11) is 1.53. The maximum Gasteiger partial charge on any atom is 0.323 e. The number of carbonyl (C=O) groups excluding carboxylic acids is 1. The number of ether oxygens (including phenoxy) is 1. The molecule has 1 aromatic heterocycles. The smallest absolute Gasteiger partial charge is 0.323 e. The molecule has 0 aliphatic carbocycles. The molecule has 2 amide bonds. The van der Waals surface area contributed by atoms with Crippen LogP contribution >= 0.6 is 0 Å². The van der Waals surface area contributed by atoms with Crippen LogP contribution in [0.1, 0.15) is 0 Å². The number of rotatable bonds is 4. The normalized spacial score (nSPS) is 10.4. The number of nitrogens with zero attached hydrogens (tertiary/aromatic N) is 1. The number of hydrogen-bond donors (Lipinski definition) is 3. The van der Waals surface area contributed by atoms with Gasteiger partial charge in [0, 0.05) is 23.5 Å². The Hall–Kier alpha value is -3.42. The number of hydrogen-bond acceptors (Lipinski definition) is 3. The zero-order chi connectivity index (χ0) is 17.8. The van der Waals surface area contributed by atoms with Crippen molar-refractivity contribution in [3.63, 3.8) is 0 Å². The van der Waals surface area contributed by atoms with Crippen LogP contribution in [0, 0.1) is 11.6 Å². The van der Waals surface area contributed by atoms with E-state index in [1.54, 1.807) is 30.5 Å². The average molecular weight is 344 g/mol. The van der Waals surface area contributed by atoms with Crippen molar-refractivity contribution in [1.29, 1.82) is 0 Å². The molecule has 0 bridgehead atoms. The van der Waals surface area contributed by atoms with Crippen LogP contribution < -0.4 is 15.4 Å². The minimum absolute atomic E-state index is 0.124. The first-order chi connectivity index (χ1) is 12.1. The van der Waals surface area contributed by atoms with Gasteiger partial charge in [-0.2, -0.15) is 5.10 Å². The Morgan fingerprint density at radius 2 is 1.96 bits per heavy atom. The molecule has 0 saturated heterocycles. The Morgan fingerprint density at radius 3 is 2.64 bits per heavy atom. The molecule has 8 heteroatoms. The van der Waals surface area contributed by atoms with E-state index in [4.69, 9.17) is 4.74 Å². The van der Waals surface area contributed by atoms with Crippen LogP contribution in [0.15, 0.2) is 48.7 Å². The first-order valence-corrected chi connectivity index (χ1v) is 7.27. The molecule has 0 aliphatic heterocycles. The van der Waals surface area contributed by atoms with Crippen LogP contribution in [0.3, 0.4) is 0 Å². The van der Waals surface area contributed by atoms with E-state index < -0.39 is 17.7 Å². The van der Waals surface area contributed by atoms with E-state index in [0.29, 0.717) is 28.8 Å². The molecule has 0 fully saturated rings. The van der Waals surface area contributed by atoms with Gasteiger partial charge in [-0.15, -0.1) is 0 Å². The van der Waals surface area contributed by atoms with Crippen LogP contribution in [0.4, 0.5) is 25.0 Å². The summed E-state index contributed by atoms with van der Waals surface area (Å²) in [6, 6.07) is 9.01. The molecule has 3 N–H and O–H groups in total. The van der Waals surface area contributed by atoms with E-state index >= 15 is 0 Å². The third-order valence-electron chi connectivity index (χ3n) is 3.43. The fourth-order valence-corrected chi connectivity index (χ4v) is 2.28. The van der Waals surface area contributed by atoms with Crippen LogP contribution in [0.25, 0.3) is 11.3 Å². The summed E-state index contributed by atoms with van der Waals surface area (Å²) in [5, 5.41) is 11.6. The number of aromatic amines is 1. The Balaban J connectivity index is 1.78. The molecule has 0 aliphatic rings. The highest BCUT2D eigenvalue weighted by Crippen LogP contribution is 2.31. The van der Waals surface area contributed by atoms with Crippen LogP contribution in [-0.2, 0) is 0 Å². The molecule has 3 aromatic rings. The van der Waals surface area contributed by atoms with Crippen molar-refractivity contribution in [1.82, 2.24) is 10.2 Å². The molecule has 0 spiro atoms.